The third-order valence-corrected chi connectivity index (χ3v) is 2.39. The Labute approximate surface area is 96.9 Å². The van der Waals surface area contributed by atoms with Gasteiger partial charge in [-0.15, -0.1) is 0 Å². The fourth-order valence-corrected chi connectivity index (χ4v) is 1.55. The summed E-state index contributed by atoms with van der Waals surface area (Å²) in [6.07, 6.45) is 3.22. The maximum atomic E-state index is 10.6. The van der Waals surface area contributed by atoms with Gasteiger partial charge < -0.3 is 4.57 Å². The fourth-order valence-electron chi connectivity index (χ4n) is 1.55. The summed E-state index contributed by atoms with van der Waals surface area (Å²) < 4.78 is 1.71. The first-order valence-electron chi connectivity index (χ1n) is 4.81. The van der Waals surface area contributed by atoms with Gasteiger partial charge in [-0.25, -0.2) is 4.98 Å². The summed E-state index contributed by atoms with van der Waals surface area (Å²) in [5.41, 5.74) is 1.60. The molecule has 1 heterocycles. The van der Waals surface area contributed by atoms with Gasteiger partial charge in [0.15, 0.2) is 0 Å². The third kappa shape index (κ3) is 1.86. The summed E-state index contributed by atoms with van der Waals surface area (Å²) in [5.74, 6) is 0. The molecule has 17 heavy (non-hydrogen) atoms. The molecule has 1 aromatic heterocycles. The highest BCUT2D eigenvalue weighted by atomic mass is 16.6. The molecule has 0 amide bonds. The minimum Gasteiger partial charge on any atom is -0.302 e. The summed E-state index contributed by atoms with van der Waals surface area (Å²) in [4.78, 5) is 14.0. The summed E-state index contributed by atoms with van der Waals surface area (Å²) in [5, 5.41) is 19.6. The van der Waals surface area contributed by atoms with Crippen LogP contribution in [0.2, 0.25) is 0 Å². The number of imidazole rings is 1. The number of nitriles is 1. The van der Waals surface area contributed by atoms with Crippen molar-refractivity contribution in [3.63, 3.8) is 0 Å². The number of nitro benzene ring substituents is 1. The van der Waals surface area contributed by atoms with E-state index in [2.05, 4.69) is 4.98 Å². The maximum Gasteiger partial charge on any atom is 0.270 e. The minimum absolute atomic E-state index is 0.0944. The predicted octanol–water partition coefficient (Wildman–Crippen LogP) is 1.96. The van der Waals surface area contributed by atoms with Gasteiger partial charge in [-0.05, 0) is 13.0 Å². The first-order valence-corrected chi connectivity index (χ1v) is 4.81. The smallest absolute Gasteiger partial charge is 0.270 e. The molecule has 0 aliphatic heterocycles. The number of aryl methyl sites for hydroxylation is 1. The van der Waals surface area contributed by atoms with Crippen molar-refractivity contribution in [3.05, 3.63) is 52.1 Å². The number of hydrogen-bond donors (Lipinski definition) is 0. The molecule has 2 aromatic rings. The number of aromatic nitrogens is 2. The van der Waals surface area contributed by atoms with Gasteiger partial charge >= 0.3 is 0 Å². The molecule has 0 aliphatic rings. The zero-order valence-corrected chi connectivity index (χ0v) is 8.99. The molecule has 6 nitrogen and oxygen atoms in total. The van der Waals surface area contributed by atoms with E-state index in [1.807, 2.05) is 13.0 Å². The molecule has 0 saturated carbocycles. The number of nitrogens with zero attached hydrogens (tertiary/aromatic N) is 4. The van der Waals surface area contributed by atoms with Crippen LogP contribution in [0.3, 0.4) is 0 Å². The van der Waals surface area contributed by atoms with E-state index in [-0.39, 0.29) is 11.3 Å². The molecule has 0 fully saturated rings. The molecule has 0 spiro atoms. The van der Waals surface area contributed by atoms with Crippen molar-refractivity contribution >= 4 is 5.69 Å². The van der Waals surface area contributed by atoms with E-state index >= 15 is 0 Å². The third-order valence-electron chi connectivity index (χ3n) is 2.39. The average Bonchev–Trinajstić information content (AvgIpc) is 2.74. The van der Waals surface area contributed by atoms with Crippen LogP contribution in [0.5, 0.6) is 0 Å². The number of rotatable bonds is 2. The van der Waals surface area contributed by atoms with Gasteiger partial charge in [-0.3, -0.25) is 10.1 Å². The second kappa shape index (κ2) is 4.06. The molecule has 0 N–H and O–H groups in total. The van der Waals surface area contributed by atoms with Gasteiger partial charge in [-0.1, -0.05) is 0 Å². The number of nitro groups is 1. The maximum absolute atomic E-state index is 10.6. The van der Waals surface area contributed by atoms with Gasteiger partial charge in [0.05, 0.1) is 22.5 Å². The zero-order chi connectivity index (χ0) is 12.4. The molecule has 0 radical (unpaired) electrons. The molecule has 0 aliphatic carbocycles. The highest BCUT2D eigenvalue weighted by Crippen LogP contribution is 2.21. The summed E-state index contributed by atoms with van der Waals surface area (Å²) >= 11 is 0. The lowest BCUT2D eigenvalue weighted by Gasteiger charge is -2.06. The lowest BCUT2D eigenvalue weighted by Crippen LogP contribution is -1.99. The van der Waals surface area contributed by atoms with Gasteiger partial charge in [0.1, 0.15) is 6.07 Å². The molecular weight excluding hydrogens is 220 g/mol. The molecular formula is C11H8N4O2. The first-order chi connectivity index (χ1) is 8.13. The summed E-state index contributed by atoms with van der Waals surface area (Å²) in [6.45, 7) is 1.84. The SMILES string of the molecule is Cc1cncn1-c1ccc([N+](=O)[O-])cc1C#N. The van der Waals surface area contributed by atoms with Crippen LogP contribution < -0.4 is 0 Å². The van der Waals surface area contributed by atoms with Crippen LogP contribution in [0.1, 0.15) is 11.3 Å². The van der Waals surface area contributed by atoms with E-state index in [9.17, 15) is 10.1 Å². The van der Waals surface area contributed by atoms with Crippen LogP contribution in [0.4, 0.5) is 5.69 Å². The standard InChI is InChI=1S/C11H8N4O2/c1-8-6-13-7-14(8)11-3-2-10(15(16)17)4-9(11)5-12/h2-4,6-7H,1H3. The van der Waals surface area contributed by atoms with Gasteiger partial charge in [0, 0.05) is 24.0 Å². The zero-order valence-electron chi connectivity index (χ0n) is 8.99. The van der Waals surface area contributed by atoms with E-state index < -0.39 is 4.92 Å². The van der Waals surface area contributed by atoms with Crippen molar-refractivity contribution in [1.82, 2.24) is 9.55 Å². The van der Waals surface area contributed by atoms with Crippen LogP contribution in [0.25, 0.3) is 5.69 Å². The molecule has 0 atom stereocenters. The van der Waals surface area contributed by atoms with Crippen molar-refractivity contribution in [1.29, 1.82) is 5.26 Å². The average molecular weight is 228 g/mol. The molecule has 0 bridgehead atoms. The van der Waals surface area contributed by atoms with E-state index in [1.54, 1.807) is 23.2 Å². The van der Waals surface area contributed by atoms with Crippen LogP contribution in [0, 0.1) is 28.4 Å². The number of benzene rings is 1. The summed E-state index contributed by atoms with van der Waals surface area (Å²) in [6, 6.07) is 6.13. The Morgan fingerprint density at radius 1 is 1.53 bits per heavy atom. The van der Waals surface area contributed by atoms with Crippen molar-refractivity contribution < 1.29 is 4.92 Å². The molecule has 6 heteroatoms. The molecule has 84 valence electrons. The molecule has 1 aromatic carbocycles. The summed E-state index contributed by atoms with van der Waals surface area (Å²) in [7, 11) is 0. The lowest BCUT2D eigenvalue weighted by atomic mass is 10.1. The van der Waals surface area contributed by atoms with Crippen LogP contribution in [-0.4, -0.2) is 14.5 Å². The molecule has 0 unspecified atom stereocenters. The first kappa shape index (κ1) is 10.8. The van der Waals surface area contributed by atoms with E-state index in [0.717, 1.165) is 5.69 Å². The topological polar surface area (TPSA) is 84.8 Å². The number of hydrogen-bond acceptors (Lipinski definition) is 4. The fraction of sp³-hybridized carbons (Fsp3) is 0.0909. The Hall–Kier alpha value is -2.68. The second-order valence-electron chi connectivity index (χ2n) is 3.48. The Kier molecular flexibility index (Phi) is 2.58. The molecule has 2 rings (SSSR count). The van der Waals surface area contributed by atoms with Gasteiger partial charge in [0.25, 0.3) is 5.69 Å². The molecule has 0 saturated heterocycles. The largest absolute Gasteiger partial charge is 0.302 e. The predicted molar refractivity (Wildman–Crippen MR) is 59.7 cm³/mol. The van der Waals surface area contributed by atoms with Crippen LogP contribution in [-0.2, 0) is 0 Å². The van der Waals surface area contributed by atoms with Gasteiger partial charge in [0.2, 0.25) is 0 Å². The Morgan fingerprint density at radius 2 is 2.29 bits per heavy atom. The van der Waals surface area contributed by atoms with Crippen LogP contribution in [0.15, 0.2) is 30.7 Å². The monoisotopic (exact) mass is 228 g/mol. The van der Waals surface area contributed by atoms with Crippen molar-refractivity contribution in [2.24, 2.45) is 0 Å². The normalized spacial score (nSPS) is 9.88. The Balaban J connectivity index is 2.61. The van der Waals surface area contributed by atoms with Gasteiger partial charge in [-0.2, -0.15) is 5.26 Å². The highest BCUT2D eigenvalue weighted by Gasteiger charge is 2.12. The number of non-ortho nitro benzene ring substituents is 1. The van der Waals surface area contributed by atoms with Crippen LogP contribution >= 0.6 is 0 Å². The van der Waals surface area contributed by atoms with Crippen molar-refractivity contribution in [2.75, 3.05) is 0 Å². The van der Waals surface area contributed by atoms with E-state index in [4.69, 9.17) is 5.26 Å². The Bertz CT molecular complexity index is 625. The lowest BCUT2D eigenvalue weighted by molar-refractivity contribution is -0.384. The van der Waals surface area contributed by atoms with Crippen molar-refractivity contribution in [2.45, 2.75) is 6.92 Å². The minimum atomic E-state index is -0.522. The van der Waals surface area contributed by atoms with E-state index in [0.29, 0.717) is 5.69 Å². The van der Waals surface area contributed by atoms with Crippen molar-refractivity contribution in [3.8, 4) is 11.8 Å². The quantitative estimate of drug-likeness (QED) is 0.580. The van der Waals surface area contributed by atoms with E-state index in [1.165, 1.54) is 12.1 Å². The highest BCUT2D eigenvalue weighted by molar-refractivity contribution is 5.54. The Morgan fingerprint density at radius 3 is 2.82 bits per heavy atom. The second-order valence-corrected chi connectivity index (χ2v) is 3.48.